The first kappa shape index (κ1) is 28.7. The molecule has 3 nitrogen and oxygen atoms in total. The van der Waals surface area contributed by atoms with Crippen LogP contribution in [0.2, 0.25) is 0 Å². The van der Waals surface area contributed by atoms with E-state index in [-0.39, 0.29) is 32.6 Å². The summed E-state index contributed by atoms with van der Waals surface area (Å²) in [5.74, 6) is -0.0625. The van der Waals surface area contributed by atoms with Gasteiger partial charge in [-0.1, -0.05) is 113 Å². The number of fused-ring (bicyclic) bond motifs is 11. The third kappa shape index (κ3) is 4.53. The zero-order chi connectivity index (χ0) is 28.8. The van der Waals surface area contributed by atoms with Gasteiger partial charge in [0.25, 0.3) is 0 Å². The first-order chi connectivity index (χ1) is 20.5. The van der Waals surface area contributed by atoms with Gasteiger partial charge in [0.1, 0.15) is 8.07 Å². The van der Waals surface area contributed by atoms with E-state index in [9.17, 15) is 4.79 Å². The van der Waals surface area contributed by atoms with Gasteiger partial charge in [-0.2, -0.15) is 0 Å². The maximum Gasteiger partial charge on any atom is 0.155 e. The van der Waals surface area contributed by atoms with Gasteiger partial charge in [-0.3, -0.25) is 4.79 Å². The summed E-state index contributed by atoms with van der Waals surface area (Å²) in [5, 5.41) is 16.6. The van der Waals surface area contributed by atoms with Gasteiger partial charge in [0.15, 0.2) is 5.78 Å². The summed E-state index contributed by atoms with van der Waals surface area (Å²) in [4.78, 5) is 14.9. The van der Waals surface area contributed by atoms with E-state index in [4.69, 9.17) is 10.1 Å². The monoisotopic (exact) mass is 753 g/mol. The second-order valence-corrected chi connectivity index (χ2v) is 14.5. The minimum Gasteiger partial charge on any atom is -0.512 e. The fraction of sp³-hybridized carbons (Fsp3) is 0.0526. The van der Waals surface area contributed by atoms with Crippen molar-refractivity contribution in [2.24, 2.45) is 0 Å². The Bertz CT molecular complexity index is 1990. The van der Waals surface area contributed by atoms with Crippen LogP contribution in [-0.4, -0.2) is 23.9 Å². The molecule has 43 heavy (non-hydrogen) atoms. The molecule has 0 saturated carbocycles. The van der Waals surface area contributed by atoms with E-state index < -0.39 is 8.07 Å². The van der Waals surface area contributed by atoms with Crippen molar-refractivity contribution in [3.63, 3.8) is 0 Å². The van der Waals surface area contributed by atoms with Crippen LogP contribution in [-0.2, 0) is 25.9 Å². The summed E-state index contributed by atoms with van der Waals surface area (Å²) < 4.78 is 0. The molecular formula is C38H28NO2PtSi-. The number of ketones is 1. The molecule has 0 unspecified atom stereocenters. The summed E-state index contributed by atoms with van der Waals surface area (Å²) in [6.07, 6.45) is 3.09. The van der Waals surface area contributed by atoms with E-state index >= 15 is 0 Å². The predicted octanol–water partition coefficient (Wildman–Crippen LogP) is 6.07. The molecule has 0 amide bonds. The Balaban J connectivity index is 0.000000371. The maximum atomic E-state index is 10.0. The number of benzene rings is 5. The summed E-state index contributed by atoms with van der Waals surface area (Å²) in [5.41, 5.74) is 7.49. The third-order valence-electron chi connectivity index (χ3n) is 8.26. The minimum atomic E-state index is -2.48. The van der Waals surface area contributed by atoms with Gasteiger partial charge in [-0.15, -0.1) is 28.9 Å². The van der Waals surface area contributed by atoms with Gasteiger partial charge in [0, 0.05) is 33.3 Å². The van der Waals surface area contributed by atoms with Crippen LogP contribution >= 0.6 is 0 Å². The number of carbonyl (C=O) groups is 1. The van der Waals surface area contributed by atoms with Crippen LogP contribution in [0.25, 0.3) is 44.3 Å². The van der Waals surface area contributed by atoms with Gasteiger partial charge in [0.05, 0.1) is 5.76 Å². The smallest absolute Gasteiger partial charge is 0.155 e. The van der Waals surface area contributed by atoms with Crippen molar-refractivity contribution in [1.82, 2.24) is 4.98 Å². The molecule has 0 bridgehead atoms. The number of hydrogen-bond donors (Lipinski definition) is 1. The van der Waals surface area contributed by atoms with Crippen molar-refractivity contribution in [3.8, 4) is 33.5 Å². The van der Waals surface area contributed by atoms with Gasteiger partial charge in [0.2, 0.25) is 0 Å². The molecule has 0 aliphatic carbocycles. The Morgan fingerprint density at radius 1 is 0.744 bits per heavy atom. The normalized spacial score (nSPS) is 13.2. The Morgan fingerprint density at radius 3 is 2.02 bits per heavy atom. The molecule has 1 aromatic heterocycles. The first-order valence-electron chi connectivity index (χ1n) is 14.1. The minimum absolute atomic E-state index is 0. The average Bonchev–Trinajstić information content (AvgIpc) is 3.47. The molecule has 2 aliphatic rings. The van der Waals surface area contributed by atoms with E-state index in [2.05, 4.69) is 121 Å². The van der Waals surface area contributed by atoms with Crippen molar-refractivity contribution in [2.45, 2.75) is 13.8 Å². The molecular weight excluding hydrogens is 726 g/mol. The van der Waals surface area contributed by atoms with Crippen molar-refractivity contribution >= 4 is 45.4 Å². The Morgan fingerprint density at radius 2 is 1.35 bits per heavy atom. The molecule has 1 spiro atoms. The van der Waals surface area contributed by atoms with Gasteiger partial charge in [-0.05, 0) is 57.9 Å². The molecule has 6 aromatic rings. The molecule has 1 N–H and O–H groups in total. The van der Waals surface area contributed by atoms with Crippen LogP contribution in [0, 0.1) is 6.07 Å². The van der Waals surface area contributed by atoms with Crippen molar-refractivity contribution < 1.29 is 31.0 Å². The van der Waals surface area contributed by atoms with E-state index in [1.54, 1.807) is 0 Å². The van der Waals surface area contributed by atoms with Crippen LogP contribution in [0.3, 0.4) is 0 Å². The summed E-state index contributed by atoms with van der Waals surface area (Å²) >= 11 is 0. The number of aliphatic hydroxyl groups excluding tert-OH is 1. The van der Waals surface area contributed by atoms with Gasteiger partial charge < -0.3 is 10.1 Å². The summed E-state index contributed by atoms with van der Waals surface area (Å²) in [6, 6.07) is 46.1. The van der Waals surface area contributed by atoms with E-state index in [1.165, 1.54) is 79.3 Å². The van der Waals surface area contributed by atoms with Crippen LogP contribution in [0.1, 0.15) is 13.8 Å². The maximum absolute atomic E-state index is 10.0. The Kier molecular flexibility index (Phi) is 7.60. The van der Waals surface area contributed by atoms with Crippen molar-refractivity contribution in [3.05, 3.63) is 139 Å². The van der Waals surface area contributed by atoms with Crippen LogP contribution in [0.15, 0.2) is 133 Å². The van der Waals surface area contributed by atoms with E-state index in [0.29, 0.717) is 0 Å². The number of pyridine rings is 1. The second-order valence-electron chi connectivity index (χ2n) is 10.8. The Labute approximate surface area is 266 Å². The first-order valence-corrected chi connectivity index (χ1v) is 16.1. The fourth-order valence-electron chi connectivity index (χ4n) is 6.78. The van der Waals surface area contributed by atoms with Gasteiger partial charge in [-0.25, -0.2) is 0 Å². The predicted molar refractivity (Wildman–Crippen MR) is 175 cm³/mol. The number of carbonyl (C=O) groups excluding carboxylic acids is 1. The number of aliphatic hydroxyl groups is 1. The van der Waals surface area contributed by atoms with E-state index in [0.717, 1.165) is 5.69 Å². The fourth-order valence-corrected chi connectivity index (χ4v) is 12.3. The summed E-state index contributed by atoms with van der Waals surface area (Å²) in [7, 11) is -2.48. The zero-order valence-corrected chi connectivity index (χ0v) is 27.0. The molecule has 0 fully saturated rings. The molecule has 5 heteroatoms. The Hall–Kier alpha value is -4.37. The standard InChI is InChI=1S/C33H20NSi.C5H8O2.Pt/c1-2-11-24-22(9-1)10-7-14-25(24)23-18-19-28-32(21-23)35(31-17-8-20-34-33(28)31)29-15-5-3-12-26(29)27-13-4-6-16-30(27)35;1-4(6)3-5(2)7;/h1-18,20-21H;3,6H,1-2H3;/q-1;;/b;4-3-;. The van der Waals surface area contributed by atoms with E-state index in [1.807, 2.05) is 6.20 Å². The number of allylic oxidation sites excluding steroid dienone is 2. The third-order valence-corrected chi connectivity index (χ3v) is 13.2. The molecule has 0 saturated heterocycles. The van der Waals surface area contributed by atoms with Gasteiger partial charge >= 0.3 is 0 Å². The average molecular weight is 754 g/mol. The molecule has 212 valence electrons. The van der Waals surface area contributed by atoms with Crippen LogP contribution in [0.5, 0.6) is 0 Å². The molecule has 8 rings (SSSR count). The molecule has 3 heterocycles. The topological polar surface area (TPSA) is 50.2 Å². The SMILES string of the molecule is CC(=O)/C=C(/C)O.[Pt].[c-]1cc(-c2cccc3ccccc23)cc2c1-c1ncccc1[Si]21c2ccccc2-c2ccccc21. The van der Waals surface area contributed by atoms with Crippen LogP contribution < -0.4 is 20.7 Å². The molecule has 5 aromatic carbocycles. The largest absolute Gasteiger partial charge is 0.512 e. The second kappa shape index (κ2) is 11.4. The number of hydrogen-bond acceptors (Lipinski definition) is 3. The molecule has 0 radical (unpaired) electrons. The molecule has 0 atom stereocenters. The number of rotatable bonds is 2. The number of nitrogens with zero attached hydrogens (tertiary/aromatic N) is 1. The molecule has 2 aliphatic heterocycles. The summed E-state index contributed by atoms with van der Waals surface area (Å²) in [6.45, 7) is 2.85. The quantitative estimate of drug-likeness (QED) is 0.101. The van der Waals surface area contributed by atoms with Crippen molar-refractivity contribution in [2.75, 3.05) is 0 Å². The number of aromatic nitrogens is 1. The van der Waals surface area contributed by atoms with Crippen LogP contribution in [0.4, 0.5) is 0 Å². The van der Waals surface area contributed by atoms with Crippen molar-refractivity contribution in [1.29, 1.82) is 0 Å². The zero-order valence-electron chi connectivity index (χ0n) is 23.7.